The lowest BCUT2D eigenvalue weighted by molar-refractivity contribution is -0.124. The van der Waals surface area contributed by atoms with Gasteiger partial charge in [-0.3, -0.25) is 4.79 Å². The zero-order valence-corrected chi connectivity index (χ0v) is 13.7. The van der Waals surface area contributed by atoms with Crippen LogP contribution in [-0.4, -0.2) is 51.1 Å². The summed E-state index contributed by atoms with van der Waals surface area (Å²) in [6.07, 6.45) is 3.08. The second-order valence-corrected chi connectivity index (χ2v) is 7.32. The molecule has 6 nitrogen and oxygen atoms in total. The molecule has 22 heavy (non-hydrogen) atoms. The summed E-state index contributed by atoms with van der Waals surface area (Å²) in [5.41, 5.74) is 1.01. The normalized spacial score (nSPS) is 19.1. The molecule has 1 saturated heterocycles. The predicted molar refractivity (Wildman–Crippen MR) is 84.3 cm³/mol. The molecule has 122 valence electrons. The van der Waals surface area contributed by atoms with Gasteiger partial charge in [0.2, 0.25) is 15.9 Å². The van der Waals surface area contributed by atoms with Gasteiger partial charge in [0.25, 0.3) is 0 Å². The summed E-state index contributed by atoms with van der Waals surface area (Å²) in [5, 5.41) is 2.83. The fraction of sp³-hybridized carbons (Fsp3) is 0.533. The monoisotopic (exact) mass is 326 g/mol. The van der Waals surface area contributed by atoms with Crippen molar-refractivity contribution in [1.82, 2.24) is 9.62 Å². The number of carbonyl (C=O) groups excluding carboxylic acids is 1. The number of para-hydroxylation sites is 1. The molecule has 1 unspecified atom stereocenters. The molecule has 1 aliphatic rings. The number of hydrogen-bond acceptors (Lipinski definition) is 4. The number of benzene rings is 1. The standard InChI is InChI=1S/C15H22N2O4S/c1-21-14-8-4-3-6-12(14)9-10-16-15(18)13-7-5-11-17(13)22(2,19)20/h3-4,6,8,13H,5,7,9-11H2,1-2H3,(H,16,18). The molecular formula is C15H22N2O4S. The van der Waals surface area contributed by atoms with E-state index in [0.29, 0.717) is 25.9 Å². The van der Waals surface area contributed by atoms with Crippen LogP contribution in [-0.2, 0) is 21.2 Å². The molecule has 1 heterocycles. The molecule has 0 radical (unpaired) electrons. The van der Waals surface area contributed by atoms with Crippen LogP contribution in [0.25, 0.3) is 0 Å². The van der Waals surface area contributed by atoms with Crippen LogP contribution in [0.5, 0.6) is 5.75 Å². The average molecular weight is 326 g/mol. The van der Waals surface area contributed by atoms with Gasteiger partial charge in [-0.05, 0) is 30.9 Å². The van der Waals surface area contributed by atoms with E-state index < -0.39 is 16.1 Å². The zero-order chi connectivity index (χ0) is 16.2. The molecule has 0 spiro atoms. The van der Waals surface area contributed by atoms with Crippen LogP contribution in [0, 0.1) is 0 Å². The van der Waals surface area contributed by atoms with Gasteiger partial charge in [0.1, 0.15) is 11.8 Å². The molecule has 7 heteroatoms. The maximum atomic E-state index is 12.2. The zero-order valence-electron chi connectivity index (χ0n) is 12.9. The van der Waals surface area contributed by atoms with Crippen LogP contribution < -0.4 is 10.1 Å². The number of nitrogens with zero attached hydrogens (tertiary/aromatic N) is 1. The van der Waals surface area contributed by atoms with Gasteiger partial charge in [-0.2, -0.15) is 4.31 Å². The molecule has 0 bridgehead atoms. The Kier molecular flexibility index (Phi) is 5.42. The van der Waals surface area contributed by atoms with Crippen LogP contribution in [0.2, 0.25) is 0 Å². The Hall–Kier alpha value is -1.60. The quantitative estimate of drug-likeness (QED) is 0.838. The first-order valence-electron chi connectivity index (χ1n) is 7.30. The van der Waals surface area contributed by atoms with Gasteiger partial charge in [-0.15, -0.1) is 0 Å². The highest BCUT2D eigenvalue weighted by molar-refractivity contribution is 7.88. The van der Waals surface area contributed by atoms with Crippen molar-refractivity contribution in [2.24, 2.45) is 0 Å². The number of sulfonamides is 1. The number of ether oxygens (including phenoxy) is 1. The summed E-state index contributed by atoms with van der Waals surface area (Å²) in [4.78, 5) is 12.2. The predicted octanol–water partition coefficient (Wildman–Crippen LogP) is 0.778. The Labute approximate surface area is 131 Å². The molecule has 1 N–H and O–H groups in total. The minimum atomic E-state index is -3.33. The molecule has 1 aromatic rings. The smallest absolute Gasteiger partial charge is 0.238 e. The van der Waals surface area contributed by atoms with Gasteiger partial charge in [0.05, 0.1) is 13.4 Å². The third-order valence-corrected chi connectivity index (χ3v) is 5.11. The van der Waals surface area contributed by atoms with E-state index in [2.05, 4.69) is 5.32 Å². The summed E-state index contributed by atoms with van der Waals surface area (Å²) < 4.78 is 29.9. The summed E-state index contributed by atoms with van der Waals surface area (Å²) in [7, 11) is -1.72. The number of rotatable bonds is 6. The molecular weight excluding hydrogens is 304 g/mol. The number of nitrogens with one attached hydrogen (secondary N) is 1. The van der Waals surface area contributed by atoms with E-state index in [4.69, 9.17) is 4.74 Å². The number of amides is 1. The largest absolute Gasteiger partial charge is 0.496 e. The number of hydrogen-bond donors (Lipinski definition) is 1. The Balaban J connectivity index is 1.90. The lowest BCUT2D eigenvalue weighted by atomic mass is 10.1. The highest BCUT2D eigenvalue weighted by atomic mass is 32.2. The number of carbonyl (C=O) groups is 1. The first kappa shape index (κ1) is 16.8. The van der Waals surface area contributed by atoms with E-state index >= 15 is 0 Å². The molecule has 1 atom stereocenters. The SMILES string of the molecule is COc1ccccc1CCNC(=O)C1CCCN1S(C)(=O)=O. The first-order chi connectivity index (χ1) is 10.4. The summed E-state index contributed by atoms with van der Waals surface area (Å²) >= 11 is 0. The van der Waals surface area contributed by atoms with Gasteiger partial charge in [0, 0.05) is 13.1 Å². The third-order valence-electron chi connectivity index (χ3n) is 3.82. The van der Waals surface area contributed by atoms with Crippen molar-refractivity contribution < 1.29 is 17.9 Å². The maximum absolute atomic E-state index is 12.2. The van der Waals surface area contributed by atoms with Crippen molar-refractivity contribution >= 4 is 15.9 Å². The maximum Gasteiger partial charge on any atom is 0.238 e. The molecule has 1 aromatic carbocycles. The van der Waals surface area contributed by atoms with Crippen molar-refractivity contribution in [2.45, 2.75) is 25.3 Å². The van der Waals surface area contributed by atoms with Crippen molar-refractivity contribution in [3.05, 3.63) is 29.8 Å². The summed E-state index contributed by atoms with van der Waals surface area (Å²) in [5.74, 6) is 0.563. The van der Waals surface area contributed by atoms with E-state index in [9.17, 15) is 13.2 Å². The van der Waals surface area contributed by atoms with Crippen LogP contribution >= 0.6 is 0 Å². The Morgan fingerprint density at radius 2 is 2.14 bits per heavy atom. The Morgan fingerprint density at radius 3 is 2.82 bits per heavy atom. The lowest BCUT2D eigenvalue weighted by Gasteiger charge is -2.21. The third kappa shape index (κ3) is 3.98. The van der Waals surface area contributed by atoms with E-state index in [1.165, 1.54) is 4.31 Å². The molecule has 0 saturated carbocycles. The van der Waals surface area contributed by atoms with E-state index in [0.717, 1.165) is 24.0 Å². The highest BCUT2D eigenvalue weighted by Crippen LogP contribution is 2.21. The topological polar surface area (TPSA) is 75.7 Å². The number of methoxy groups -OCH3 is 1. The fourth-order valence-electron chi connectivity index (χ4n) is 2.75. The Morgan fingerprint density at radius 1 is 1.41 bits per heavy atom. The first-order valence-corrected chi connectivity index (χ1v) is 9.14. The molecule has 1 amide bonds. The summed E-state index contributed by atoms with van der Waals surface area (Å²) in [6.45, 7) is 0.872. The van der Waals surface area contributed by atoms with Crippen molar-refractivity contribution in [3.63, 3.8) is 0 Å². The highest BCUT2D eigenvalue weighted by Gasteiger charge is 2.36. The molecule has 0 aliphatic carbocycles. The lowest BCUT2D eigenvalue weighted by Crippen LogP contribution is -2.45. The summed E-state index contributed by atoms with van der Waals surface area (Å²) in [6, 6.07) is 7.06. The molecule has 0 aromatic heterocycles. The molecule has 1 fully saturated rings. The molecule has 1 aliphatic heterocycles. The average Bonchev–Trinajstić information content (AvgIpc) is 2.97. The van der Waals surface area contributed by atoms with Crippen LogP contribution in [0.4, 0.5) is 0 Å². The van der Waals surface area contributed by atoms with Crippen molar-refractivity contribution in [2.75, 3.05) is 26.5 Å². The Bertz CT molecular complexity index is 630. The van der Waals surface area contributed by atoms with Gasteiger partial charge >= 0.3 is 0 Å². The van der Waals surface area contributed by atoms with E-state index in [1.54, 1.807) is 7.11 Å². The van der Waals surface area contributed by atoms with Gasteiger partial charge < -0.3 is 10.1 Å². The minimum Gasteiger partial charge on any atom is -0.496 e. The second-order valence-electron chi connectivity index (χ2n) is 5.38. The van der Waals surface area contributed by atoms with Crippen LogP contribution in [0.1, 0.15) is 18.4 Å². The van der Waals surface area contributed by atoms with Gasteiger partial charge in [-0.25, -0.2) is 8.42 Å². The van der Waals surface area contributed by atoms with Gasteiger partial charge in [0.15, 0.2) is 0 Å². The van der Waals surface area contributed by atoms with Crippen LogP contribution in [0.15, 0.2) is 24.3 Å². The van der Waals surface area contributed by atoms with Gasteiger partial charge in [-0.1, -0.05) is 18.2 Å². The van der Waals surface area contributed by atoms with E-state index in [-0.39, 0.29) is 5.91 Å². The fourth-order valence-corrected chi connectivity index (χ4v) is 3.87. The van der Waals surface area contributed by atoms with Crippen molar-refractivity contribution in [1.29, 1.82) is 0 Å². The van der Waals surface area contributed by atoms with Crippen LogP contribution in [0.3, 0.4) is 0 Å². The second kappa shape index (κ2) is 7.11. The van der Waals surface area contributed by atoms with Crippen molar-refractivity contribution in [3.8, 4) is 5.75 Å². The van der Waals surface area contributed by atoms with E-state index in [1.807, 2.05) is 24.3 Å². The molecule has 2 rings (SSSR count). The minimum absolute atomic E-state index is 0.224.